The Balaban J connectivity index is 3.18. The Bertz CT molecular complexity index is 357. The van der Waals surface area contributed by atoms with Crippen LogP contribution >= 0.6 is 11.6 Å². The monoisotopic (exact) mass is 181 g/mol. The van der Waals surface area contributed by atoms with Gasteiger partial charge in [0.1, 0.15) is 5.76 Å². The van der Waals surface area contributed by atoms with E-state index in [1.807, 2.05) is 13.0 Å². The lowest BCUT2D eigenvalue weighted by molar-refractivity contribution is 0.533. The Labute approximate surface area is 76.1 Å². The van der Waals surface area contributed by atoms with Crippen molar-refractivity contribution in [3.05, 3.63) is 29.2 Å². The summed E-state index contributed by atoms with van der Waals surface area (Å²) in [5.74, 6) is 0.731. The molecule has 0 aliphatic heterocycles. The number of allylic oxidation sites excluding steroid dienone is 1. The van der Waals surface area contributed by atoms with Crippen LogP contribution in [0.5, 0.6) is 0 Å². The normalized spacial score (nSPS) is 12.2. The Hall–Kier alpha value is -1.20. The number of halogens is 1. The molecule has 0 spiro atoms. The highest BCUT2D eigenvalue weighted by atomic mass is 35.5. The van der Waals surface area contributed by atoms with Crippen molar-refractivity contribution in [1.29, 1.82) is 5.26 Å². The molecule has 0 N–H and O–H groups in total. The van der Waals surface area contributed by atoms with E-state index in [9.17, 15) is 0 Å². The zero-order valence-electron chi connectivity index (χ0n) is 6.89. The second kappa shape index (κ2) is 3.46. The van der Waals surface area contributed by atoms with Crippen molar-refractivity contribution in [3.8, 4) is 6.07 Å². The molecule has 0 atom stereocenters. The van der Waals surface area contributed by atoms with Gasteiger partial charge in [-0.25, -0.2) is 0 Å². The first-order chi connectivity index (χ1) is 5.66. The summed E-state index contributed by atoms with van der Waals surface area (Å²) in [7, 11) is 0. The van der Waals surface area contributed by atoms with Gasteiger partial charge in [-0.05, 0) is 19.9 Å². The first kappa shape index (κ1) is 8.89. The third-order valence-electron chi connectivity index (χ3n) is 1.59. The second-order valence-electron chi connectivity index (χ2n) is 2.44. The molecule has 0 amide bonds. The maximum atomic E-state index is 8.57. The molecule has 1 rings (SSSR count). The van der Waals surface area contributed by atoms with Gasteiger partial charge in [-0.2, -0.15) is 5.26 Å². The van der Waals surface area contributed by atoms with Crippen LogP contribution in [0.2, 0.25) is 0 Å². The predicted octanol–water partition coefficient (Wildman–Crippen LogP) is 3.08. The van der Waals surface area contributed by atoms with Gasteiger partial charge in [-0.3, -0.25) is 0 Å². The molecule has 0 aliphatic carbocycles. The van der Waals surface area contributed by atoms with E-state index in [2.05, 4.69) is 0 Å². The van der Waals surface area contributed by atoms with Gasteiger partial charge >= 0.3 is 0 Å². The minimum absolute atomic E-state index is 0.462. The lowest BCUT2D eigenvalue weighted by Crippen LogP contribution is -1.80. The van der Waals surface area contributed by atoms with E-state index >= 15 is 0 Å². The third kappa shape index (κ3) is 1.51. The molecule has 1 aromatic heterocycles. The SMILES string of the molecule is CC(C#N)=C(Cl)c1ccoc1C. The van der Waals surface area contributed by atoms with Gasteiger partial charge in [0.15, 0.2) is 0 Å². The Kier molecular flexibility index (Phi) is 2.57. The number of nitriles is 1. The van der Waals surface area contributed by atoms with Crippen molar-refractivity contribution in [2.24, 2.45) is 0 Å². The average molecular weight is 182 g/mol. The van der Waals surface area contributed by atoms with Gasteiger partial charge in [-0.1, -0.05) is 11.6 Å². The number of hydrogen-bond acceptors (Lipinski definition) is 2. The average Bonchev–Trinajstić information content (AvgIpc) is 2.48. The van der Waals surface area contributed by atoms with Crippen molar-refractivity contribution < 1.29 is 4.42 Å². The molecular formula is C9H8ClNO. The Morgan fingerprint density at radius 3 is 2.75 bits per heavy atom. The van der Waals surface area contributed by atoms with Crippen LogP contribution in [0.4, 0.5) is 0 Å². The summed E-state index contributed by atoms with van der Waals surface area (Å²) in [6, 6.07) is 3.73. The van der Waals surface area contributed by atoms with Gasteiger partial charge in [0.25, 0.3) is 0 Å². The maximum Gasteiger partial charge on any atom is 0.109 e. The lowest BCUT2D eigenvalue weighted by Gasteiger charge is -1.95. The lowest BCUT2D eigenvalue weighted by atomic mass is 10.2. The van der Waals surface area contributed by atoms with Crippen LogP contribution in [0.25, 0.3) is 5.03 Å². The summed E-state index contributed by atoms with van der Waals surface area (Å²) in [4.78, 5) is 0. The fraction of sp³-hybridized carbons (Fsp3) is 0.222. The van der Waals surface area contributed by atoms with Crippen LogP contribution in [0.15, 0.2) is 22.3 Å². The van der Waals surface area contributed by atoms with Crippen molar-refractivity contribution in [1.82, 2.24) is 0 Å². The molecule has 0 fully saturated rings. The van der Waals surface area contributed by atoms with Gasteiger partial charge in [0.2, 0.25) is 0 Å². The van der Waals surface area contributed by atoms with Crippen LogP contribution in [0, 0.1) is 18.3 Å². The molecule has 3 heteroatoms. The molecule has 12 heavy (non-hydrogen) atoms. The second-order valence-corrected chi connectivity index (χ2v) is 2.82. The van der Waals surface area contributed by atoms with Crippen LogP contribution < -0.4 is 0 Å². The zero-order chi connectivity index (χ0) is 9.14. The molecular weight excluding hydrogens is 174 g/mol. The first-order valence-electron chi connectivity index (χ1n) is 3.47. The molecule has 0 aliphatic rings. The molecule has 1 heterocycles. The molecule has 2 nitrogen and oxygen atoms in total. The highest BCUT2D eigenvalue weighted by Crippen LogP contribution is 2.26. The minimum Gasteiger partial charge on any atom is -0.469 e. The summed E-state index contributed by atoms with van der Waals surface area (Å²) >= 11 is 5.90. The molecule has 0 saturated heterocycles. The van der Waals surface area contributed by atoms with Crippen molar-refractivity contribution in [3.63, 3.8) is 0 Å². The predicted molar refractivity (Wildman–Crippen MR) is 47.5 cm³/mol. The number of hydrogen-bond donors (Lipinski definition) is 0. The number of nitrogens with zero attached hydrogens (tertiary/aromatic N) is 1. The summed E-state index contributed by atoms with van der Waals surface area (Å²) < 4.78 is 5.05. The molecule has 0 unspecified atom stereocenters. The molecule has 1 aromatic rings. The summed E-state index contributed by atoms with van der Waals surface area (Å²) in [5.41, 5.74) is 1.29. The van der Waals surface area contributed by atoms with Crippen LogP contribution in [-0.4, -0.2) is 0 Å². The van der Waals surface area contributed by atoms with Crippen molar-refractivity contribution in [2.45, 2.75) is 13.8 Å². The highest BCUT2D eigenvalue weighted by molar-refractivity contribution is 6.49. The smallest absolute Gasteiger partial charge is 0.109 e. The van der Waals surface area contributed by atoms with Crippen LogP contribution in [0.1, 0.15) is 18.2 Å². The van der Waals surface area contributed by atoms with E-state index < -0.39 is 0 Å². The molecule has 0 radical (unpaired) electrons. The topological polar surface area (TPSA) is 36.9 Å². The fourth-order valence-electron chi connectivity index (χ4n) is 0.864. The molecule has 0 aromatic carbocycles. The van der Waals surface area contributed by atoms with Gasteiger partial charge in [0, 0.05) is 11.1 Å². The van der Waals surface area contributed by atoms with E-state index in [4.69, 9.17) is 21.3 Å². The van der Waals surface area contributed by atoms with E-state index in [1.54, 1.807) is 19.3 Å². The molecule has 0 saturated carbocycles. The quantitative estimate of drug-likeness (QED) is 0.625. The molecule has 62 valence electrons. The van der Waals surface area contributed by atoms with E-state index in [0.717, 1.165) is 11.3 Å². The van der Waals surface area contributed by atoms with Crippen LogP contribution in [-0.2, 0) is 0 Å². The van der Waals surface area contributed by atoms with Gasteiger partial charge in [-0.15, -0.1) is 0 Å². The number of rotatable bonds is 1. The zero-order valence-corrected chi connectivity index (χ0v) is 7.64. The van der Waals surface area contributed by atoms with E-state index in [0.29, 0.717) is 10.6 Å². The van der Waals surface area contributed by atoms with E-state index in [1.165, 1.54) is 0 Å². The minimum atomic E-state index is 0.462. The van der Waals surface area contributed by atoms with E-state index in [-0.39, 0.29) is 0 Å². The highest BCUT2D eigenvalue weighted by Gasteiger charge is 2.07. The van der Waals surface area contributed by atoms with Gasteiger partial charge < -0.3 is 4.42 Å². The van der Waals surface area contributed by atoms with Crippen molar-refractivity contribution >= 4 is 16.6 Å². The fourth-order valence-corrected chi connectivity index (χ4v) is 1.10. The third-order valence-corrected chi connectivity index (χ3v) is 2.08. The standard InChI is InChI=1S/C9H8ClNO/c1-6(5-11)9(10)8-3-4-12-7(8)2/h3-4H,1-2H3. The summed E-state index contributed by atoms with van der Waals surface area (Å²) in [6.45, 7) is 3.48. The number of furan rings is 1. The summed E-state index contributed by atoms with van der Waals surface area (Å²) in [5, 5.41) is 9.03. The Morgan fingerprint density at radius 2 is 2.33 bits per heavy atom. The van der Waals surface area contributed by atoms with Gasteiger partial charge in [0.05, 0.1) is 17.4 Å². The summed E-state index contributed by atoms with van der Waals surface area (Å²) in [6.07, 6.45) is 1.55. The molecule has 0 bridgehead atoms. The Morgan fingerprint density at radius 1 is 1.67 bits per heavy atom. The first-order valence-corrected chi connectivity index (χ1v) is 3.85. The van der Waals surface area contributed by atoms with Crippen LogP contribution in [0.3, 0.4) is 0 Å². The number of aryl methyl sites for hydroxylation is 1. The largest absolute Gasteiger partial charge is 0.469 e. The van der Waals surface area contributed by atoms with Crippen molar-refractivity contribution in [2.75, 3.05) is 0 Å². The maximum absolute atomic E-state index is 8.57.